The molecule has 292 valence electrons. The van der Waals surface area contributed by atoms with Crippen molar-refractivity contribution in [1.82, 2.24) is 25.3 Å². The lowest BCUT2D eigenvalue weighted by Gasteiger charge is -2.58. The van der Waals surface area contributed by atoms with Crippen LogP contribution < -0.4 is 31.6 Å². The third-order valence-corrected chi connectivity index (χ3v) is 10.5. The summed E-state index contributed by atoms with van der Waals surface area (Å²) in [5.41, 5.74) is 10.1. The fourth-order valence-corrected chi connectivity index (χ4v) is 7.70. The van der Waals surface area contributed by atoms with Gasteiger partial charge in [0, 0.05) is 45.6 Å². The molecule has 0 bridgehead atoms. The Morgan fingerprint density at radius 2 is 1.85 bits per heavy atom. The van der Waals surface area contributed by atoms with Gasteiger partial charge in [-0.25, -0.2) is 4.79 Å². The molecule has 0 unspecified atom stereocenters. The number of nitrogens with two attached hydrogens (primary N) is 2. The van der Waals surface area contributed by atoms with Crippen LogP contribution in [0.5, 0.6) is 11.5 Å². The van der Waals surface area contributed by atoms with Crippen LogP contribution in [0.2, 0.25) is 0 Å². The molecular formula is C35H52N8O10. The fourth-order valence-electron chi connectivity index (χ4n) is 7.70. The van der Waals surface area contributed by atoms with E-state index in [-0.39, 0.29) is 37.1 Å². The van der Waals surface area contributed by atoms with E-state index in [1.54, 1.807) is 12.1 Å². The number of benzene rings is 1. The topological polar surface area (TPSA) is 252 Å². The van der Waals surface area contributed by atoms with E-state index in [4.69, 9.17) is 25.7 Å². The summed E-state index contributed by atoms with van der Waals surface area (Å²) in [6, 6.07) is 0.868. The smallest absolute Gasteiger partial charge is 0.414 e. The van der Waals surface area contributed by atoms with Gasteiger partial charge in [-0.15, -0.1) is 0 Å². The maximum atomic E-state index is 13.8. The van der Waals surface area contributed by atoms with E-state index in [0.717, 1.165) is 20.9 Å². The number of aliphatic imine (C=N–C) groups is 1. The number of nitrogens with zero attached hydrogens (tertiary/aromatic N) is 4. The minimum Gasteiger partial charge on any atom is -0.493 e. The number of hydrogen-bond acceptors (Lipinski definition) is 11. The second kappa shape index (κ2) is 16.3. The average molecular weight is 745 g/mol. The Bertz CT molecular complexity index is 1660. The Balaban J connectivity index is 1.61. The molecule has 3 aliphatic rings. The average Bonchev–Trinajstić information content (AvgIpc) is 3.45. The number of aliphatic carboxylic acids is 1. The first-order chi connectivity index (χ1) is 24.9. The molecule has 1 aromatic carbocycles. The summed E-state index contributed by atoms with van der Waals surface area (Å²) >= 11 is 0. The van der Waals surface area contributed by atoms with Gasteiger partial charge in [-0.3, -0.25) is 24.2 Å². The zero-order chi connectivity index (χ0) is 39.4. The molecule has 2 aliphatic heterocycles. The first kappa shape index (κ1) is 40.7. The number of carboxylic acid groups (broad SMARTS) is 1. The standard InChI is InChI=1S/C35H52N8O10/c1-19-10-11-24(51-7)28-27(19)34-14-16-41(4)20(2)35(34,50)13-12-25(29(34)53-28)52-33(49)43(6)17-23(31(48)42(5)18-26(45)46)40-30(47)22(39-21(3)44)9-8-15-38-32(36)37/h10-12,20,22-23,29,50H,8-9,13-18H2,1-7H3,(H,39,44)(H,40,47)(H,45,46)(H4,36,37,38)/t20-,22+,23+,29+,34+,35-/m1/s1. The largest absolute Gasteiger partial charge is 0.493 e. The minimum atomic E-state index is -1.44. The number of hydrogen-bond donors (Lipinski definition) is 6. The van der Waals surface area contributed by atoms with Crippen molar-refractivity contribution >= 4 is 35.7 Å². The lowest BCUT2D eigenvalue weighted by molar-refractivity contribution is -0.153. The lowest BCUT2D eigenvalue weighted by atomic mass is 9.54. The summed E-state index contributed by atoms with van der Waals surface area (Å²) in [5.74, 6) is -2.38. The number of fused-ring (bicyclic) bond motifs is 1. The number of aliphatic hydroxyl groups is 1. The molecule has 18 nitrogen and oxygen atoms in total. The van der Waals surface area contributed by atoms with Crippen molar-refractivity contribution in [3.05, 3.63) is 35.1 Å². The fraction of sp³-hybridized carbons (Fsp3) is 0.600. The van der Waals surface area contributed by atoms with Gasteiger partial charge in [0.05, 0.1) is 24.7 Å². The van der Waals surface area contributed by atoms with E-state index in [9.17, 15) is 34.2 Å². The molecule has 8 N–H and O–H groups in total. The van der Waals surface area contributed by atoms with Gasteiger partial charge in [0.1, 0.15) is 24.4 Å². The van der Waals surface area contributed by atoms with Crippen molar-refractivity contribution in [2.45, 2.75) is 81.7 Å². The number of likely N-dealkylation sites (N-methyl/N-ethyl adjacent to an activating group) is 3. The number of rotatable bonds is 14. The zero-order valence-electron chi connectivity index (χ0n) is 31.3. The number of ether oxygens (including phenoxy) is 3. The summed E-state index contributed by atoms with van der Waals surface area (Å²) < 4.78 is 18.2. The maximum absolute atomic E-state index is 13.8. The quantitative estimate of drug-likeness (QED) is 0.0792. The molecule has 1 aromatic rings. The SMILES string of the molecule is COc1ccc(C)c2c1O[C@H]1C(OC(=O)N(C)C[C@H](NC(=O)[C@H](CCCN=C(N)N)NC(C)=O)C(=O)N(C)CC(=O)O)=CC[C@@]3(O)[C@@H](C)N(C)CC[C@]213. The highest BCUT2D eigenvalue weighted by Crippen LogP contribution is 2.62. The molecule has 0 saturated carbocycles. The van der Waals surface area contributed by atoms with Crippen molar-refractivity contribution in [2.24, 2.45) is 16.5 Å². The van der Waals surface area contributed by atoms with Crippen LogP contribution in [-0.2, 0) is 29.3 Å². The monoisotopic (exact) mass is 744 g/mol. The number of aryl methyl sites for hydroxylation is 1. The Hall–Kier alpha value is -5.10. The number of amides is 4. The summed E-state index contributed by atoms with van der Waals surface area (Å²) in [5, 5.41) is 27.0. The molecule has 18 heteroatoms. The summed E-state index contributed by atoms with van der Waals surface area (Å²) in [6.07, 6.45) is 0.881. The van der Waals surface area contributed by atoms with Gasteiger partial charge in [-0.1, -0.05) is 6.07 Å². The molecule has 0 aromatic heterocycles. The van der Waals surface area contributed by atoms with E-state index >= 15 is 0 Å². The number of carbonyl (C=O) groups is 5. The van der Waals surface area contributed by atoms with Crippen molar-refractivity contribution < 1.29 is 48.4 Å². The zero-order valence-corrected chi connectivity index (χ0v) is 31.3. The van der Waals surface area contributed by atoms with Crippen LogP contribution in [0.15, 0.2) is 29.0 Å². The Kier molecular flexibility index (Phi) is 12.5. The number of carboxylic acids is 1. The molecule has 6 atom stereocenters. The Labute approximate surface area is 308 Å². The van der Waals surface area contributed by atoms with Crippen molar-refractivity contribution in [1.29, 1.82) is 0 Å². The van der Waals surface area contributed by atoms with Crippen LogP contribution in [0, 0.1) is 6.92 Å². The Morgan fingerprint density at radius 1 is 1.15 bits per heavy atom. The van der Waals surface area contributed by atoms with Crippen molar-refractivity contribution in [3.63, 3.8) is 0 Å². The number of methoxy groups -OCH3 is 1. The third-order valence-electron chi connectivity index (χ3n) is 10.5. The van der Waals surface area contributed by atoms with Gasteiger partial charge in [0.25, 0.3) is 0 Å². The number of nitrogens with one attached hydrogen (secondary N) is 2. The van der Waals surface area contributed by atoms with Crippen LogP contribution in [0.4, 0.5) is 4.79 Å². The van der Waals surface area contributed by atoms with Crippen LogP contribution in [0.1, 0.15) is 50.7 Å². The third kappa shape index (κ3) is 8.12. The van der Waals surface area contributed by atoms with E-state index < -0.39 is 72.1 Å². The molecule has 0 radical (unpaired) electrons. The number of likely N-dealkylation sites (tertiary alicyclic amines) is 1. The molecule has 1 fully saturated rings. The molecule has 2 heterocycles. The van der Waals surface area contributed by atoms with E-state index in [1.807, 2.05) is 27.0 Å². The lowest BCUT2D eigenvalue weighted by Crippen LogP contribution is -2.71. The van der Waals surface area contributed by atoms with Gasteiger partial charge < -0.3 is 61.2 Å². The van der Waals surface area contributed by atoms with Gasteiger partial charge >= 0.3 is 12.1 Å². The van der Waals surface area contributed by atoms with Gasteiger partial charge in [-0.05, 0) is 64.4 Å². The van der Waals surface area contributed by atoms with Crippen LogP contribution in [0.3, 0.4) is 0 Å². The van der Waals surface area contributed by atoms with Gasteiger partial charge in [0.15, 0.2) is 23.6 Å². The second-order valence-electron chi connectivity index (χ2n) is 14.0. The van der Waals surface area contributed by atoms with E-state index in [1.165, 1.54) is 28.1 Å². The highest BCUT2D eigenvalue weighted by Gasteiger charge is 2.69. The molecule has 1 aliphatic carbocycles. The molecule has 4 amide bonds. The first-order valence-electron chi connectivity index (χ1n) is 17.4. The predicted molar refractivity (Wildman–Crippen MR) is 192 cm³/mol. The van der Waals surface area contributed by atoms with Crippen molar-refractivity contribution in [3.8, 4) is 11.5 Å². The van der Waals surface area contributed by atoms with Gasteiger partial charge in [-0.2, -0.15) is 0 Å². The van der Waals surface area contributed by atoms with Gasteiger partial charge in [0.2, 0.25) is 17.7 Å². The normalized spacial score (nSPS) is 24.0. The number of carbonyl (C=O) groups excluding carboxylic acids is 4. The summed E-state index contributed by atoms with van der Waals surface area (Å²) in [6.45, 7) is 4.81. The molecule has 4 rings (SSSR count). The van der Waals surface area contributed by atoms with Crippen LogP contribution in [-0.4, -0.2) is 145 Å². The maximum Gasteiger partial charge on any atom is 0.414 e. The summed E-state index contributed by atoms with van der Waals surface area (Å²) in [4.78, 5) is 72.1. The van der Waals surface area contributed by atoms with Crippen LogP contribution >= 0.6 is 0 Å². The first-order valence-corrected chi connectivity index (χ1v) is 17.4. The molecule has 1 saturated heterocycles. The molecular weight excluding hydrogens is 692 g/mol. The molecule has 53 heavy (non-hydrogen) atoms. The predicted octanol–water partition coefficient (Wildman–Crippen LogP) is -0.600. The molecule has 1 spiro atoms. The second-order valence-corrected chi connectivity index (χ2v) is 14.0. The van der Waals surface area contributed by atoms with E-state index in [2.05, 4.69) is 20.5 Å². The highest BCUT2D eigenvalue weighted by molar-refractivity contribution is 5.93. The van der Waals surface area contributed by atoms with Crippen LogP contribution in [0.25, 0.3) is 0 Å². The minimum absolute atomic E-state index is 0.108. The number of guanidine groups is 1. The Morgan fingerprint density at radius 3 is 2.47 bits per heavy atom. The number of piperidine rings is 1. The summed E-state index contributed by atoms with van der Waals surface area (Å²) in [7, 11) is 6.08. The van der Waals surface area contributed by atoms with Crippen molar-refractivity contribution in [2.75, 3.05) is 54.4 Å². The highest BCUT2D eigenvalue weighted by atomic mass is 16.6. The van der Waals surface area contributed by atoms with E-state index in [0.29, 0.717) is 30.9 Å².